The molecule has 3 nitrogen and oxygen atoms in total. The van der Waals surface area contributed by atoms with Gasteiger partial charge >= 0.3 is 0 Å². The minimum Gasteiger partial charge on any atom is -0.354 e. The fourth-order valence-corrected chi connectivity index (χ4v) is 4.34. The van der Waals surface area contributed by atoms with Gasteiger partial charge in [0.05, 0.1) is 6.04 Å². The standard InChI is InChI=1S/C21H27FN2OS/c1-16-9-11-24(12-10-16)19(20-6-3-13-26-20)15-23-21(25)8-7-17-4-2-5-18(22)14-17/h2-6,13-14,16,19H,7-12,15H2,1H3,(H,23,25). The molecule has 1 unspecified atom stereocenters. The van der Waals surface area contributed by atoms with Gasteiger partial charge in [-0.05, 0) is 67.4 Å². The van der Waals surface area contributed by atoms with Crippen molar-refractivity contribution in [3.63, 3.8) is 0 Å². The molecule has 1 amide bonds. The number of hydrogen-bond donors (Lipinski definition) is 1. The highest BCUT2D eigenvalue weighted by Gasteiger charge is 2.25. The van der Waals surface area contributed by atoms with Crippen LogP contribution in [-0.4, -0.2) is 30.4 Å². The lowest BCUT2D eigenvalue weighted by Gasteiger charge is -2.36. The first kappa shape index (κ1) is 19.1. The largest absolute Gasteiger partial charge is 0.354 e. The lowest BCUT2D eigenvalue weighted by atomic mass is 9.97. The Morgan fingerprint density at radius 3 is 2.81 bits per heavy atom. The molecule has 26 heavy (non-hydrogen) atoms. The van der Waals surface area contributed by atoms with Gasteiger partial charge in [0.2, 0.25) is 5.91 Å². The van der Waals surface area contributed by atoms with Crippen molar-refractivity contribution >= 4 is 17.2 Å². The van der Waals surface area contributed by atoms with Crippen LogP contribution in [0.2, 0.25) is 0 Å². The Morgan fingerprint density at radius 2 is 2.12 bits per heavy atom. The normalized spacial score (nSPS) is 17.2. The third-order valence-corrected chi connectivity index (χ3v) is 6.13. The molecule has 0 spiro atoms. The molecule has 1 N–H and O–H groups in total. The zero-order valence-corrected chi connectivity index (χ0v) is 16.1. The highest BCUT2D eigenvalue weighted by Crippen LogP contribution is 2.29. The lowest BCUT2D eigenvalue weighted by molar-refractivity contribution is -0.121. The van der Waals surface area contributed by atoms with Crippen molar-refractivity contribution < 1.29 is 9.18 Å². The summed E-state index contributed by atoms with van der Waals surface area (Å²) in [7, 11) is 0. The first-order chi connectivity index (χ1) is 12.6. The van der Waals surface area contributed by atoms with Gasteiger partial charge in [-0.2, -0.15) is 0 Å². The second-order valence-corrected chi connectivity index (χ2v) is 8.16. The molecule has 140 valence electrons. The summed E-state index contributed by atoms with van der Waals surface area (Å²) in [5, 5.41) is 5.19. The molecule has 1 saturated heterocycles. The van der Waals surface area contributed by atoms with E-state index in [2.05, 4.69) is 34.7 Å². The van der Waals surface area contributed by atoms with Crippen molar-refractivity contribution in [2.75, 3.05) is 19.6 Å². The number of halogens is 1. The number of carbonyl (C=O) groups is 1. The number of rotatable bonds is 7. The summed E-state index contributed by atoms with van der Waals surface area (Å²) < 4.78 is 13.2. The fraction of sp³-hybridized carbons (Fsp3) is 0.476. The summed E-state index contributed by atoms with van der Waals surface area (Å²) in [6, 6.07) is 11.0. The second-order valence-electron chi connectivity index (χ2n) is 7.18. The first-order valence-electron chi connectivity index (χ1n) is 9.40. The maximum Gasteiger partial charge on any atom is 0.220 e. The van der Waals surface area contributed by atoms with Crippen LogP contribution in [0.25, 0.3) is 0 Å². The van der Waals surface area contributed by atoms with Gasteiger partial charge in [0.15, 0.2) is 0 Å². The number of hydrogen-bond acceptors (Lipinski definition) is 3. The molecule has 0 saturated carbocycles. The van der Waals surface area contributed by atoms with E-state index in [1.54, 1.807) is 17.4 Å². The maximum atomic E-state index is 13.2. The molecule has 1 fully saturated rings. The summed E-state index contributed by atoms with van der Waals surface area (Å²) in [6.07, 6.45) is 3.39. The topological polar surface area (TPSA) is 32.3 Å². The van der Waals surface area contributed by atoms with Crippen LogP contribution in [0.5, 0.6) is 0 Å². The molecule has 1 aromatic carbocycles. The molecule has 1 aromatic heterocycles. The van der Waals surface area contributed by atoms with E-state index in [4.69, 9.17) is 0 Å². The minimum absolute atomic E-state index is 0.0289. The number of thiophene rings is 1. The average Bonchev–Trinajstić information content (AvgIpc) is 3.16. The highest BCUT2D eigenvalue weighted by molar-refractivity contribution is 7.10. The van der Waals surface area contributed by atoms with Crippen LogP contribution >= 0.6 is 11.3 Å². The Hall–Kier alpha value is -1.72. The molecule has 0 bridgehead atoms. The number of nitrogens with zero attached hydrogens (tertiary/aromatic N) is 1. The third-order valence-electron chi connectivity index (χ3n) is 5.15. The van der Waals surface area contributed by atoms with Crippen LogP contribution in [0.4, 0.5) is 4.39 Å². The SMILES string of the molecule is CC1CCN(C(CNC(=O)CCc2cccc(F)c2)c2cccs2)CC1. The average molecular weight is 375 g/mol. The Labute approximate surface area is 159 Å². The smallest absolute Gasteiger partial charge is 0.220 e. The van der Waals surface area contributed by atoms with E-state index >= 15 is 0 Å². The predicted octanol–water partition coefficient (Wildman–Crippen LogP) is 4.41. The summed E-state index contributed by atoms with van der Waals surface area (Å²) in [4.78, 5) is 16.1. The van der Waals surface area contributed by atoms with Crippen LogP contribution < -0.4 is 5.32 Å². The number of amides is 1. The van der Waals surface area contributed by atoms with Gasteiger partial charge in [0, 0.05) is 17.8 Å². The first-order valence-corrected chi connectivity index (χ1v) is 10.3. The molecule has 1 aliphatic heterocycles. The van der Waals surface area contributed by atoms with Gasteiger partial charge < -0.3 is 5.32 Å². The highest BCUT2D eigenvalue weighted by atomic mass is 32.1. The van der Waals surface area contributed by atoms with Crippen LogP contribution in [0.1, 0.15) is 42.7 Å². The van der Waals surface area contributed by atoms with E-state index in [-0.39, 0.29) is 17.8 Å². The van der Waals surface area contributed by atoms with Crippen molar-refractivity contribution in [2.45, 2.75) is 38.6 Å². The van der Waals surface area contributed by atoms with Crippen molar-refractivity contribution in [1.82, 2.24) is 10.2 Å². The Kier molecular flexibility index (Phi) is 6.80. The lowest BCUT2D eigenvalue weighted by Crippen LogP contribution is -2.41. The van der Waals surface area contributed by atoms with Crippen LogP contribution in [-0.2, 0) is 11.2 Å². The van der Waals surface area contributed by atoms with Gasteiger partial charge in [-0.15, -0.1) is 11.3 Å². The third kappa shape index (κ3) is 5.39. The quantitative estimate of drug-likeness (QED) is 0.779. The van der Waals surface area contributed by atoms with E-state index in [0.717, 1.165) is 24.6 Å². The molecule has 1 aliphatic rings. The Bertz CT molecular complexity index is 696. The number of likely N-dealkylation sites (tertiary alicyclic amines) is 1. The minimum atomic E-state index is -0.250. The number of piperidine rings is 1. The van der Waals surface area contributed by atoms with Gasteiger partial charge in [-0.1, -0.05) is 25.1 Å². The van der Waals surface area contributed by atoms with E-state index in [9.17, 15) is 9.18 Å². The summed E-state index contributed by atoms with van der Waals surface area (Å²) in [5.74, 6) is 0.567. The van der Waals surface area contributed by atoms with E-state index < -0.39 is 0 Å². The summed E-state index contributed by atoms with van der Waals surface area (Å²) >= 11 is 1.75. The molecule has 0 aliphatic carbocycles. The molecular formula is C21H27FN2OS. The second kappa shape index (κ2) is 9.28. The number of benzene rings is 1. The molecule has 3 rings (SSSR count). The van der Waals surface area contributed by atoms with E-state index in [0.29, 0.717) is 19.4 Å². The van der Waals surface area contributed by atoms with E-state index in [1.165, 1.54) is 29.9 Å². The van der Waals surface area contributed by atoms with Crippen LogP contribution in [0.15, 0.2) is 41.8 Å². The number of nitrogens with one attached hydrogen (secondary N) is 1. The molecule has 1 atom stereocenters. The van der Waals surface area contributed by atoms with Crippen molar-refractivity contribution in [3.8, 4) is 0 Å². The Morgan fingerprint density at radius 1 is 1.31 bits per heavy atom. The van der Waals surface area contributed by atoms with Gasteiger partial charge in [0.25, 0.3) is 0 Å². The number of aryl methyl sites for hydroxylation is 1. The monoisotopic (exact) mass is 374 g/mol. The Balaban J connectivity index is 1.53. The zero-order chi connectivity index (χ0) is 18.4. The molecule has 2 heterocycles. The molecule has 0 radical (unpaired) electrons. The molecule has 5 heteroatoms. The van der Waals surface area contributed by atoms with E-state index in [1.807, 2.05) is 6.07 Å². The van der Waals surface area contributed by atoms with Gasteiger partial charge in [-0.25, -0.2) is 4.39 Å². The predicted molar refractivity (Wildman–Crippen MR) is 105 cm³/mol. The van der Waals surface area contributed by atoms with Crippen molar-refractivity contribution in [3.05, 3.63) is 58.0 Å². The van der Waals surface area contributed by atoms with Gasteiger partial charge in [-0.3, -0.25) is 9.69 Å². The zero-order valence-electron chi connectivity index (χ0n) is 15.3. The molecule has 2 aromatic rings. The number of carbonyl (C=O) groups excluding carboxylic acids is 1. The van der Waals surface area contributed by atoms with Crippen LogP contribution in [0, 0.1) is 11.7 Å². The summed E-state index contributed by atoms with van der Waals surface area (Å²) in [6.45, 7) is 5.12. The van der Waals surface area contributed by atoms with Gasteiger partial charge in [0.1, 0.15) is 5.82 Å². The summed E-state index contributed by atoms with van der Waals surface area (Å²) in [5.41, 5.74) is 0.861. The fourth-order valence-electron chi connectivity index (χ4n) is 3.48. The van der Waals surface area contributed by atoms with Crippen molar-refractivity contribution in [1.29, 1.82) is 0 Å². The van der Waals surface area contributed by atoms with Crippen LogP contribution in [0.3, 0.4) is 0 Å². The molecular weight excluding hydrogens is 347 g/mol. The van der Waals surface area contributed by atoms with Crippen molar-refractivity contribution in [2.24, 2.45) is 5.92 Å². The maximum absolute atomic E-state index is 13.2.